The molecule has 0 fully saturated rings. The number of phosphoric acid groups is 1. The van der Waals surface area contributed by atoms with Gasteiger partial charge < -0.3 is 27.9 Å². The van der Waals surface area contributed by atoms with Crippen LogP contribution in [0.5, 0.6) is 0 Å². The van der Waals surface area contributed by atoms with Gasteiger partial charge in [-0.2, -0.15) is 0 Å². The third kappa shape index (κ3) is 51.3. The molecule has 0 amide bonds. The van der Waals surface area contributed by atoms with E-state index in [9.17, 15) is 19.0 Å². The molecule has 0 N–H and O–H groups in total. The molecule has 0 aromatic carbocycles. The van der Waals surface area contributed by atoms with Gasteiger partial charge in [-0.1, -0.05) is 173 Å². The van der Waals surface area contributed by atoms with Gasteiger partial charge in [0.25, 0.3) is 7.82 Å². The van der Waals surface area contributed by atoms with E-state index in [1.54, 1.807) is 0 Å². The standard InChI is InChI=1S/C58H92NO8P/c1-6-8-10-12-14-16-18-20-22-24-26-27-28-29-30-31-33-35-37-39-41-43-45-47-49-51-58(61)67-56(55-66-68(62,63)65-53-52-59(3,4)5)54-64-57(60)50-48-46-44-42-40-38-36-34-32-25-23-21-19-17-15-13-11-9-7-2/h8-11,14-17,20-23,26-27,29-30,32-35,38-41,56H,6-7,12-13,18-19,24-25,28,31,36-37,42-55H2,1-5H3/b10-8-,11-9-,16-14-,17-15-,22-20-,23-21-,27-26-,30-29-,34-32-,35-33-,40-38-,41-39-. The van der Waals surface area contributed by atoms with Crippen LogP contribution in [-0.2, 0) is 32.7 Å². The molecule has 0 spiro atoms. The van der Waals surface area contributed by atoms with Crippen molar-refractivity contribution in [1.82, 2.24) is 0 Å². The molecule has 68 heavy (non-hydrogen) atoms. The molecule has 382 valence electrons. The molecule has 0 saturated carbocycles. The molecule has 0 aliphatic rings. The average Bonchev–Trinajstić information content (AvgIpc) is 3.30. The van der Waals surface area contributed by atoms with E-state index in [0.29, 0.717) is 23.9 Å². The van der Waals surface area contributed by atoms with Crippen LogP contribution >= 0.6 is 7.82 Å². The number of likely N-dealkylation sites (N-methyl/N-ethyl adjacent to an activating group) is 1. The number of hydrogen-bond donors (Lipinski definition) is 0. The SMILES string of the molecule is CC/C=C\C/C=C\C/C=C\C/C=C\C/C=C\C/C=C\C/C=C\CCCCCC(=O)OC(COC(=O)CCCCC/C=C\C/C=C\C/C=C\C/C=C\C/C=C\CC)COP(=O)([O-])OCC[N+](C)(C)C. The molecule has 0 aromatic heterocycles. The molecular weight excluding hydrogens is 870 g/mol. The van der Waals surface area contributed by atoms with Crippen molar-refractivity contribution < 1.29 is 42.1 Å². The molecule has 10 heteroatoms. The first-order chi connectivity index (χ1) is 33.0. The highest BCUT2D eigenvalue weighted by molar-refractivity contribution is 7.45. The van der Waals surface area contributed by atoms with Crippen molar-refractivity contribution in [3.63, 3.8) is 0 Å². The van der Waals surface area contributed by atoms with E-state index in [0.717, 1.165) is 116 Å². The van der Waals surface area contributed by atoms with E-state index >= 15 is 0 Å². The first-order valence-corrected chi connectivity index (χ1v) is 27.0. The number of esters is 2. The maximum Gasteiger partial charge on any atom is 0.306 e. The third-order valence-electron chi connectivity index (χ3n) is 9.85. The summed E-state index contributed by atoms with van der Waals surface area (Å²) in [7, 11) is 1.09. The molecule has 0 radical (unpaired) electrons. The Morgan fingerprint density at radius 3 is 1.15 bits per heavy atom. The highest BCUT2D eigenvalue weighted by Gasteiger charge is 2.21. The number of allylic oxidation sites excluding steroid dienone is 24. The van der Waals surface area contributed by atoms with Crippen LogP contribution in [0.15, 0.2) is 146 Å². The van der Waals surface area contributed by atoms with Gasteiger partial charge in [0, 0.05) is 12.8 Å². The number of phosphoric ester groups is 1. The van der Waals surface area contributed by atoms with E-state index in [1.165, 1.54) is 0 Å². The summed E-state index contributed by atoms with van der Waals surface area (Å²) >= 11 is 0. The van der Waals surface area contributed by atoms with Gasteiger partial charge in [-0.25, -0.2) is 0 Å². The van der Waals surface area contributed by atoms with Gasteiger partial charge in [0.2, 0.25) is 0 Å². The largest absolute Gasteiger partial charge is 0.756 e. The van der Waals surface area contributed by atoms with Gasteiger partial charge in [0.1, 0.15) is 19.8 Å². The van der Waals surface area contributed by atoms with Crippen LogP contribution in [0.2, 0.25) is 0 Å². The predicted octanol–water partition coefficient (Wildman–Crippen LogP) is 14.9. The van der Waals surface area contributed by atoms with Crippen LogP contribution in [0.3, 0.4) is 0 Å². The minimum Gasteiger partial charge on any atom is -0.756 e. The molecule has 0 bridgehead atoms. The van der Waals surface area contributed by atoms with Gasteiger partial charge in [0.05, 0.1) is 27.7 Å². The maximum atomic E-state index is 12.7. The number of ether oxygens (including phenoxy) is 2. The second-order valence-corrected chi connectivity index (χ2v) is 18.8. The number of rotatable bonds is 44. The molecule has 0 aromatic rings. The zero-order valence-electron chi connectivity index (χ0n) is 43.0. The van der Waals surface area contributed by atoms with Crippen molar-refractivity contribution >= 4 is 19.8 Å². The summed E-state index contributed by atoms with van der Waals surface area (Å²) in [5.74, 6) is -0.927. The van der Waals surface area contributed by atoms with E-state index in [1.807, 2.05) is 21.1 Å². The Morgan fingerprint density at radius 2 is 0.794 bits per heavy atom. The Hall–Kier alpha value is -4.11. The summed E-state index contributed by atoms with van der Waals surface area (Å²) in [6, 6.07) is 0. The van der Waals surface area contributed by atoms with Crippen LogP contribution < -0.4 is 4.89 Å². The molecule has 0 heterocycles. The second kappa shape index (κ2) is 47.9. The lowest BCUT2D eigenvalue weighted by Gasteiger charge is -2.28. The molecule has 2 atom stereocenters. The van der Waals surface area contributed by atoms with E-state index < -0.39 is 32.5 Å². The first-order valence-electron chi connectivity index (χ1n) is 25.5. The Morgan fingerprint density at radius 1 is 0.456 bits per heavy atom. The summed E-state index contributed by atoms with van der Waals surface area (Å²) in [5, 5.41) is 0. The Bertz CT molecular complexity index is 1650. The fourth-order valence-electron chi connectivity index (χ4n) is 5.95. The number of carbonyl (C=O) groups is 2. The van der Waals surface area contributed by atoms with Crippen LogP contribution in [-0.4, -0.2) is 70.0 Å². The van der Waals surface area contributed by atoms with Crippen molar-refractivity contribution in [2.45, 2.75) is 161 Å². The van der Waals surface area contributed by atoms with E-state index in [4.69, 9.17) is 18.5 Å². The number of quaternary nitrogens is 1. The third-order valence-corrected chi connectivity index (χ3v) is 10.8. The number of carbonyl (C=O) groups excluding carboxylic acids is 2. The lowest BCUT2D eigenvalue weighted by molar-refractivity contribution is -0.870. The molecule has 9 nitrogen and oxygen atoms in total. The number of nitrogens with zero attached hydrogens (tertiary/aromatic N) is 1. The highest BCUT2D eigenvalue weighted by Crippen LogP contribution is 2.38. The zero-order chi connectivity index (χ0) is 49.9. The Kier molecular flexibility index (Phi) is 45.0. The molecule has 0 saturated heterocycles. The summed E-state index contributed by atoms with van der Waals surface area (Å²) in [5.41, 5.74) is 0. The predicted molar refractivity (Wildman–Crippen MR) is 286 cm³/mol. The van der Waals surface area contributed by atoms with Gasteiger partial charge in [-0.3, -0.25) is 14.2 Å². The van der Waals surface area contributed by atoms with Crippen LogP contribution in [0.1, 0.15) is 155 Å². The molecule has 2 unspecified atom stereocenters. The first kappa shape index (κ1) is 63.9. The zero-order valence-corrected chi connectivity index (χ0v) is 43.9. The smallest absolute Gasteiger partial charge is 0.306 e. The summed E-state index contributed by atoms with van der Waals surface area (Å²) < 4.78 is 34.0. The summed E-state index contributed by atoms with van der Waals surface area (Å²) in [6.45, 7) is 3.89. The monoisotopic (exact) mass is 962 g/mol. The van der Waals surface area contributed by atoms with Gasteiger partial charge in [-0.05, 0) is 116 Å². The summed E-state index contributed by atoms with van der Waals surface area (Å²) in [4.78, 5) is 37.7. The molecule has 0 aliphatic carbocycles. The molecular formula is C58H92NO8P. The normalized spacial score (nSPS) is 14.6. The van der Waals surface area contributed by atoms with Gasteiger partial charge in [0.15, 0.2) is 6.10 Å². The average molecular weight is 962 g/mol. The van der Waals surface area contributed by atoms with Crippen molar-refractivity contribution in [1.29, 1.82) is 0 Å². The fourth-order valence-corrected chi connectivity index (χ4v) is 6.68. The fraction of sp³-hybridized carbons (Fsp3) is 0.552. The maximum absolute atomic E-state index is 12.7. The summed E-state index contributed by atoms with van der Waals surface area (Å²) in [6.07, 6.45) is 70.2. The van der Waals surface area contributed by atoms with Crippen molar-refractivity contribution in [2.75, 3.05) is 47.5 Å². The van der Waals surface area contributed by atoms with Crippen LogP contribution in [0.25, 0.3) is 0 Å². The van der Waals surface area contributed by atoms with Crippen LogP contribution in [0.4, 0.5) is 0 Å². The Labute approximate surface area is 414 Å². The van der Waals surface area contributed by atoms with E-state index in [2.05, 4.69) is 160 Å². The van der Waals surface area contributed by atoms with Gasteiger partial charge in [-0.15, -0.1) is 0 Å². The quantitative estimate of drug-likeness (QED) is 0.0195. The Balaban J connectivity index is 4.44. The van der Waals surface area contributed by atoms with E-state index in [-0.39, 0.29) is 26.1 Å². The number of hydrogen-bond acceptors (Lipinski definition) is 8. The van der Waals surface area contributed by atoms with Crippen molar-refractivity contribution in [3.8, 4) is 0 Å². The van der Waals surface area contributed by atoms with Gasteiger partial charge >= 0.3 is 11.9 Å². The lowest BCUT2D eigenvalue weighted by atomic mass is 10.1. The van der Waals surface area contributed by atoms with Crippen molar-refractivity contribution in [3.05, 3.63) is 146 Å². The number of unbranched alkanes of at least 4 members (excludes halogenated alkanes) is 6. The minimum absolute atomic E-state index is 0.0531. The minimum atomic E-state index is -4.66. The van der Waals surface area contributed by atoms with Crippen LogP contribution in [0, 0.1) is 0 Å². The van der Waals surface area contributed by atoms with Crippen molar-refractivity contribution in [2.24, 2.45) is 0 Å². The molecule has 0 rings (SSSR count). The highest BCUT2D eigenvalue weighted by atomic mass is 31.2. The lowest BCUT2D eigenvalue weighted by Crippen LogP contribution is -2.37. The molecule has 0 aliphatic heterocycles. The topological polar surface area (TPSA) is 111 Å². The second-order valence-electron chi connectivity index (χ2n) is 17.4.